The van der Waals surface area contributed by atoms with Crippen molar-refractivity contribution in [2.45, 2.75) is 12.5 Å². The van der Waals surface area contributed by atoms with E-state index in [1.165, 1.54) is 5.01 Å². The molecule has 0 bridgehead atoms. The number of urea groups is 1. The Hall–Kier alpha value is -2.02. The summed E-state index contributed by atoms with van der Waals surface area (Å²) in [6.45, 7) is 5.50. The van der Waals surface area contributed by atoms with Gasteiger partial charge in [-0.05, 0) is 63.5 Å². The van der Waals surface area contributed by atoms with E-state index in [0.29, 0.717) is 18.1 Å². The number of hydrogen-bond donors (Lipinski definition) is 0. The molecule has 27 heavy (non-hydrogen) atoms. The monoisotopic (exact) mass is 410 g/mol. The van der Waals surface area contributed by atoms with Crippen molar-refractivity contribution in [3.8, 4) is 11.3 Å². The standard InChI is InChI=1S/C19H23ClN4O2.ClH/c1-21-24-13-16(23(19(24)25)12-4-11-22(2)3)18-10-9-17(26-18)14-5-7-15(20)8-6-14;/h5-10,16H,1,4,11-13H2,2-3H3;1H. The molecule has 0 spiro atoms. The Kier molecular flexibility index (Phi) is 7.30. The van der Waals surface area contributed by atoms with Gasteiger partial charge in [-0.2, -0.15) is 5.10 Å². The number of hydrogen-bond acceptors (Lipinski definition) is 4. The molecule has 0 radical (unpaired) electrons. The molecular formula is C19H24Cl2N4O2. The summed E-state index contributed by atoms with van der Waals surface area (Å²) in [5, 5.41) is 5.91. The van der Waals surface area contributed by atoms with Crippen LogP contribution in [0, 0.1) is 0 Å². The smallest absolute Gasteiger partial charge is 0.341 e. The Balaban J connectivity index is 0.00000261. The number of amides is 2. The molecule has 3 rings (SSSR count). The first-order valence-corrected chi connectivity index (χ1v) is 8.92. The molecule has 1 aliphatic rings. The van der Waals surface area contributed by atoms with Gasteiger partial charge in [0.15, 0.2) is 0 Å². The van der Waals surface area contributed by atoms with E-state index < -0.39 is 0 Å². The van der Waals surface area contributed by atoms with Crippen molar-refractivity contribution < 1.29 is 9.21 Å². The molecule has 6 nitrogen and oxygen atoms in total. The number of carbonyl (C=O) groups is 1. The Morgan fingerprint density at radius 1 is 1.26 bits per heavy atom. The molecule has 1 aliphatic heterocycles. The zero-order chi connectivity index (χ0) is 18.7. The summed E-state index contributed by atoms with van der Waals surface area (Å²) in [6, 6.07) is 11.0. The Bertz CT molecular complexity index is 776. The molecule has 2 heterocycles. The van der Waals surface area contributed by atoms with Gasteiger partial charge in [-0.1, -0.05) is 11.6 Å². The molecule has 2 aromatic rings. The Morgan fingerprint density at radius 3 is 2.59 bits per heavy atom. The van der Waals surface area contributed by atoms with Gasteiger partial charge < -0.3 is 14.2 Å². The zero-order valence-electron chi connectivity index (χ0n) is 15.5. The predicted octanol–water partition coefficient (Wildman–Crippen LogP) is 4.37. The lowest BCUT2D eigenvalue weighted by Crippen LogP contribution is -2.32. The highest BCUT2D eigenvalue weighted by atomic mass is 35.5. The van der Waals surface area contributed by atoms with Crippen LogP contribution in [0.1, 0.15) is 18.2 Å². The van der Waals surface area contributed by atoms with E-state index in [-0.39, 0.29) is 24.5 Å². The average molecular weight is 411 g/mol. The third-order valence-corrected chi connectivity index (χ3v) is 4.70. The zero-order valence-corrected chi connectivity index (χ0v) is 17.0. The minimum atomic E-state index is -0.170. The SMILES string of the molecule is C=NN1CC(c2ccc(-c3ccc(Cl)cc3)o2)N(CCCN(C)C)C1=O.Cl. The second-order valence-electron chi connectivity index (χ2n) is 6.58. The maximum absolute atomic E-state index is 12.6. The van der Waals surface area contributed by atoms with Gasteiger partial charge in [0.2, 0.25) is 0 Å². The van der Waals surface area contributed by atoms with E-state index >= 15 is 0 Å². The number of rotatable bonds is 7. The summed E-state index contributed by atoms with van der Waals surface area (Å²) >= 11 is 5.95. The largest absolute Gasteiger partial charge is 0.459 e. The molecular weight excluding hydrogens is 387 g/mol. The van der Waals surface area contributed by atoms with Gasteiger partial charge in [0.25, 0.3) is 0 Å². The van der Waals surface area contributed by atoms with E-state index in [1.807, 2.05) is 55.4 Å². The van der Waals surface area contributed by atoms with Crippen molar-refractivity contribution in [3.63, 3.8) is 0 Å². The van der Waals surface area contributed by atoms with Crippen molar-refractivity contribution in [2.24, 2.45) is 5.10 Å². The minimum absolute atomic E-state index is 0. The molecule has 1 aromatic heterocycles. The third kappa shape index (κ3) is 4.83. The van der Waals surface area contributed by atoms with E-state index in [4.69, 9.17) is 16.0 Å². The van der Waals surface area contributed by atoms with Crippen molar-refractivity contribution in [1.29, 1.82) is 0 Å². The van der Waals surface area contributed by atoms with Gasteiger partial charge in [0, 0.05) is 23.8 Å². The van der Waals surface area contributed by atoms with Gasteiger partial charge in [-0.25, -0.2) is 9.80 Å². The van der Waals surface area contributed by atoms with E-state index in [2.05, 4.69) is 16.7 Å². The summed E-state index contributed by atoms with van der Waals surface area (Å²) in [4.78, 5) is 16.5. The highest BCUT2D eigenvalue weighted by molar-refractivity contribution is 6.30. The van der Waals surface area contributed by atoms with Crippen LogP contribution < -0.4 is 0 Å². The molecule has 8 heteroatoms. The lowest BCUT2D eigenvalue weighted by atomic mass is 10.2. The Labute approximate surface area is 170 Å². The van der Waals surface area contributed by atoms with Crippen molar-refractivity contribution in [2.75, 3.05) is 33.7 Å². The molecule has 1 saturated heterocycles. The predicted molar refractivity (Wildman–Crippen MR) is 111 cm³/mol. The van der Waals surface area contributed by atoms with Gasteiger partial charge in [-0.15, -0.1) is 12.4 Å². The first kappa shape index (κ1) is 21.3. The van der Waals surface area contributed by atoms with Crippen molar-refractivity contribution >= 4 is 36.8 Å². The molecule has 0 aliphatic carbocycles. The fourth-order valence-electron chi connectivity index (χ4n) is 3.09. The number of carbonyl (C=O) groups excluding carboxylic acids is 1. The van der Waals surface area contributed by atoms with Crippen LogP contribution in [0.2, 0.25) is 5.02 Å². The van der Waals surface area contributed by atoms with Crippen LogP contribution in [-0.2, 0) is 0 Å². The van der Waals surface area contributed by atoms with Crippen molar-refractivity contribution in [1.82, 2.24) is 14.8 Å². The van der Waals surface area contributed by atoms with Gasteiger partial charge >= 0.3 is 6.03 Å². The summed E-state index contributed by atoms with van der Waals surface area (Å²) < 4.78 is 6.06. The fraction of sp³-hybridized carbons (Fsp3) is 0.368. The normalized spacial score (nSPS) is 16.7. The van der Waals surface area contributed by atoms with Crippen LogP contribution in [0.15, 0.2) is 45.9 Å². The van der Waals surface area contributed by atoms with E-state index in [1.54, 1.807) is 0 Å². The van der Waals surface area contributed by atoms with Crippen LogP contribution in [0.4, 0.5) is 4.79 Å². The van der Waals surface area contributed by atoms with E-state index in [0.717, 1.165) is 30.0 Å². The molecule has 2 amide bonds. The summed E-state index contributed by atoms with van der Waals surface area (Å²) in [5.74, 6) is 1.50. The Morgan fingerprint density at radius 2 is 1.96 bits per heavy atom. The second-order valence-corrected chi connectivity index (χ2v) is 7.02. The first-order valence-electron chi connectivity index (χ1n) is 8.55. The average Bonchev–Trinajstić information content (AvgIpc) is 3.21. The van der Waals surface area contributed by atoms with Gasteiger partial charge in [0.05, 0.1) is 6.54 Å². The summed E-state index contributed by atoms with van der Waals surface area (Å²) in [7, 11) is 4.04. The third-order valence-electron chi connectivity index (χ3n) is 4.45. The van der Waals surface area contributed by atoms with Crippen LogP contribution in [0.3, 0.4) is 0 Å². The molecule has 0 saturated carbocycles. The topological polar surface area (TPSA) is 52.3 Å². The maximum atomic E-state index is 12.6. The van der Waals surface area contributed by atoms with Crippen LogP contribution in [0.5, 0.6) is 0 Å². The number of halogens is 2. The molecule has 1 fully saturated rings. The van der Waals surface area contributed by atoms with Gasteiger partial charge in [0.1, 0.15) is 17.6 Å². The van der Waals surface area contributed by atoms with Crippen LogP contribution >= 0.6 is 24.0 Å². The highest BCUT2D eigenvalue weighted by Gasteiger charge is 2.39. The maximum Gasteiger partial charge on any atom is 0.341 e. The highest BCUT2D eigenvalue weighted by Crippen LogP contribution is 2.33. The molecule has 1 atom stereocenters. The molecule has 0 N–H and O–H groups in total. The van der Waals surface area contributed by atoms with Crippen molar-refractivity contribution in [3.05, 3.63) is 47.2 Å². The number of nitrogens with zero attached hydrogens (tertiary/aromatic N) is 4. The summed E-state index contributed by atoms with van der Waals surface area (Å²) in [6.07, 6.45) is 0.880. The number of furan rings is 1. The summed E-state index contributed by atoms with van der Waals surface area (Å²) in [5.41, 5.74) is 0.947. The lowest BCUT2D eigenvalue weighted by molar-refractivity contribution is 0.182. The number of benzene rings is 1. The van der Waals surface area contributed by atoms with Gasteiger partial charge in [-0.3, -0.25) is 0 Å². The molecule has 1 aromatic carbocycles. The lowest BCUT2D eigenvalue weighted by Gasteiger charge is -2.22. The van der Waals surface area contributed by atoms with E-state index in [9.17, 15) is 4.79 Å². The minimum Gasteiger partial charge on any atom is -0.459 e. The quantitative estimate of drug-likeness (QED) is 0.636. The molecule has 1 unspecified atom stereocenters. The number of hydrazone groups is 1. The van der Waals surface area contributed by atoms with Crippen LogP contribution in [-0.4, -0.2) is 61.3 Å². The van der Waals surface area contributed by atoms with Crippen LogP contribution in [0.25, 0.3) is 11.3 Å². The first-order chi connectivity index (χ1) is 12.5. The molecule has 146 valence electrons. The fourth-order valence-corrected chi connectivity index (χ4v) is 3.22. The second kappa shape index (κ2) is 9.26.